The van der Waals surface area contributed by atoms with E-state index in [0.29, 0.717) is 17.2 Å². The smallest absolute Gasteiger partial charge is 0.265 e. The molecule has 3 N–H and O–H groups in total. The number of carbonyl (C=O) groups is 1. The van der Waals surface area contributed by atoms with E-state index in [-0.39, 0.29) is 5.91 Å². The zero-order valence-corrected chi connectivity index (χ0v) is 13.5. The largest absolute Gasteiger partial charge is 0.382 e. The number of nitrogens with two attached hydrogens (primary N) is 1. The summed E-state index contributed by atoms with van der Waals surface area (Å²) in [5, 5.41) is 3.67. The number of nitrogens with zero attached hydrogens (tertiary/aromatic N) is 3. The lowest BCUT2D eigenvalue weighted by Crippen LogP contribution is -2.39. The number of thioether (sulfide) groups is 1. The molecule has 112 valence electrons. The Hall–Kier alpha value is -0.990. The highest BCUT2D eigenvalue weighted by Gasteiger charge is 2.17. The summed E-state index contributed by atoms with van der Waals surface area (Å²) in [5.74, 6) is 2.55. The molecule has 1 amide bonds. The van der Waals surface area contributed by atoms with Crippen LogP contribution in [0.25, 0.3) is 0 Å². The normalized spacial score (nSPS) is 16.1. The van der Waals surface area contributed by atoms with Crippen molar-refractivity contribution in [1.29, 1.82) is 0 Å². The monoisotopic (exact) mass is 315 g/mol. The van der Waals surface area contributed by atoms with Crippen molar-refractivity contribution >= 4 is 40.0 Å². The fraction of sp³-hybridized carbons (Fsp3) is 0.667. The van der Waals surface area contributed by atoms with Gasteiger partial charge in [0.1, 0.15) is 10.7 Å². The van der Waals surface area contributed by atoms with Crippen molar-refractivity contribution < 1.29 is 4.79 Å². The van der Waals surface area contributed by atoms with Gasteiger partial charge in [-0.1, -0.05) is 11.3 Å². The van der Waals surface area contributed by atoms with Gasteiger partial charge in [0.25, 0.3) is 5.91 Å². The summed E-state index contributed by atoms with van der Waals surface area (Å²) in [6, 6.07) is 0. The quantitative estimate of drug-likeness (QED) is 0.827. The van der Waals surface area contributed by atoms with Crippen LogP contribution in [-0.2, 0) is 0 Å². The van der Waals surface area contributed by atoms with Gasteiger partial charge in [-0.2, -0.15) is 11.8 Å². The predicted octanol–water partition coefficient (Wildman–Crippen LogP) is 0.570. The van der Waals surface area contributed by atoms with Crippen LogP contribution in [0.15, 0.2) is 0 Å². The number of hydrogen-bond donors (Lipinski definition) is 2. The molecule has 0 radical (unpaired) electrons. The second kappa shape index (κ2) is 7.14. The zero-order valence-electron chi connectivity index (χ0n) is 11.9. The Morgan fingerprint density at radius 1 is 1.45 bits per heavy atom. The van der Waals surface area contributed by atoms with E-state index in [1.807, 2.05) is 30.8 Å². The third kappa shape index (κ3) is 4.00. The van der Waals surface area contributed by atoms with Crippen LogP contribution in [0.3, 0.4) is 0 Å². The SMILES string of the molecule is CN(C)c1nc(N)c(C(=O)NCCN2CCSCC2)s1. The zero-order chi connectivity index (χ0) is 14.5. The number of anilines is 2. The topological polar surface area (TPSA) is 74.5 Å². The van der Waals surface area contributed by atoms with Crippen LogP contribution in [0, 0.1) is 0 Å². The van der Waals surface area contributed by atoms with Crippen LogP contribution in [0.2, 0.25) is 0 Å². The van der Waals surface area contributed by atoms with Gasteiger partial charge in [0.05, 0.1) is 0 Å². The molecular weight excluding hydrogens is 294 g/mol. The first-order chi connectivity index (χ1) is 9.58. The number of nitrogen functional groups attached to an aromatic ring is 1. The Balaban J connectivity index is 1.82. The van der Waals surface area contributed by atoms with Crippen LogP contribution in [0.4, 0.5) is 10.9 Å². The van der Waals surface area contributed by atoms with E-state index >= 15 is 0 Å². The summed E-state index contributed by atoms with van der Waals surface area (Å²) >= 11 is 3.31. The molecule has 2 heterocycles. The van der Waals surface area contributed by atoms with E-state index in [1.54, 1.807) is 0 Å². The van der Waals surface area contributed by atoms with Gasteiger partial charge in [0.15, 0.2) is 5.13 Å². The van der Waals surface area contributed by atoms with Crippen molar-refractivity contribution in [1.82, 2.24) is 15.2 Å². The Bertz CT molecular complexity index is 457. The summed E-state index contributed by atoms with van der Waals surface area (Å²) in [5.41, 5.74) is 5.79. The molecule has 0 aliphatic carbocycles. The van der Waals surface area contributed by atoms with Gasteiger partial charge >= 0.3 is 0 Å². The Morgan fingerprint density at radius 2 is 2.15 bits per heavy atom. The summed E-state index contributed by atoms with van der Waals surface area (Å²) in [6.07, 6.45) is 0. The number of thiazole rings is 1. The maximum absolute atomic E-state index is 12.1. The van der Waals surface area contributed by atoms with E-state index in [1.165, 1.54) is 22.8 Å². The third-order valence-electron chi connectivity index (χ3n) is 3.05. The lowest BCUT2D eigenvalue weighted by molar-refractivity contribution is 0.0953. The number of aromatic nitrogens is 1. The van der Waals surface area contributed by atoms with Crippen molar-refractivity contribution in [2.45, 2.75) is 0 Å². The van der Waals surface area contributed by atoms with Crippen LogP contribution in [0.1, 0.15) is 9.67 Å². The molecule has 1 aliphatic heterocycles. The molecule has 1 fully saturated rings. The van der Waals surface area contributed by atoms with Gasteiger partial charge < -0.3 is 16.0 Å². The number of carbonyl (C=O) groups excluding carboxylic acids is 1. The van der Waals surface area contributed by atoms with Gasteiger partial charge in [-0.05, 0) is 0 Å². The molecule has 0 spiro atoms. The van der Waals surface area contributed by atoms with E-state index in [9.17, 15) is 4.79 Å². The molecule has 1 aromatic rings. The first-order valence-electron chi connectivity index (χ1n) is 6.60. The molecule has 8 heteroatoms. The summed E-state index contributed by atoms with van der Waals surface area (Å²) in [6.45, 7) is 3.76. The van der Waals surface area contributed by atoms with Crippen LogP contribution < -0.4 is 16.0 Å². The summed E-state index contributed by atoms with van der Waals surface area (Å²) in [7, 11) is 3.77. The van der Waals surface area contributed by atoms with Gasteiger partial charge in [0, 0.05) is 51.8 Å². The molecular formula is C12H21N5OS2. The molecule has 0 atom stereocenters. The van der Waals surface area contributed by atoms with Crippen molar-refractivity contribution in [3.8, 4) is 0 Å². The van der Waals surface area contributed by atoms with Gasteiger partial charge in [-0.3, -0.25) is 9.69 Å². The first kappa shape index (κ1) is 15.4. The Kier molecular flexibility index (Phi) is 5.50. The van der Waals surface area contributed by atoms with Crippen LogP contribution >= 0.6 is 23.1 Å². The summed E-state index contributed by atoms with van der Waals surface area (Å²) in [4.78, 5) is 21.0. The van der Waals surface area contributed by atoms with Gasteiger partial charge in [0.2, 0.25) is 0 Å². The minimum atomic E-state index is -0.125. The Morgan fingerprint density at radius 3 is 2.75 bits per heavy atom. The van der Waals surface area contributed by atoms with Crippen LogP contribution in [-0.4, -0.2) is 67.6 Å². The second-order valence-electron chi connectivity index (χ2n) is 4.82. The highest BCUT2D eigenvalue weighted by atomic mass is 32.2. The molecule has 0 aromatic carbocycles. The fourth-order valence-corrected chi connectivity index (χ4v) is 3.71. The number of amides is 1. The highest BCUT2D eigenvalue weighted by Crippen LogP contribution is 2.26. The molecule has 0 unspecified atom stereocenters. The molecule has 2 rings (SSSR count). The van der Waals surface area contributed by atoms with Crippen molar-refractivity contribution in [2.24, 2.45) is 0 Å². The lowest BCUT2D eigenvalue weighted by Gasteiger charge is -2.25. The molecule has 1 aliphatic rings. The molecule has 0 bridgehead atoms. The second-order valence-corrected chi connectivity index (χ2v) is 7.02. The lowest BCUT2D eigenvalue weighted by atomic mass is 10.4. The van der Waals surface area contributed by atoms with E-state index in [4.69, 9.17) is 5.73 Å². The summed E-state index contributed by atoms with van der Waals surface area (Å²) < 4.78 is 0. The maximum atomic E-state index is 12.1. The number of hydrogen-bond acceptors (Lipinski definition) is 7. The average Bonchev–Trinajstić information content (AvgIpc) is 2.82. The van der Waals surface area contributed by atoms with Gasteiger partial charge in [-0.25, -0.2) is 4.98 Å². The maximum Gasteiger partial charge on any atom is 0.265 e. The molecule has 0 saturated carbocycles. The highest BCUT2D eigenvalue weighted by molar-refractivity contribution is 7.99. The number of rotatable bonds is 5. The molecule has 6 nitrogen and oxygen atoms in total. The minimum Gasteiger partial charge on any atom is -0.382 e. The molecule has 1 aromatic heterocycles. The fourth-order valence-electron chi connectivity index (χ4n) is 1.91. The Labute approximate surface area is 127 Å². The third-order valence-corrected chi connectivity index (χ3v) is 5.23. The van der Waals surface area contributed by atoms with E-state index in [0.717, 1.165) is 24.8 Å². The van der Waals surface area contributed by atoms with E-state index < -0.39 is 0 Å². The van der Waals surface area contributed by atoms with E-state index in [2.05, 4.69) is 15.2 Å². The van der Waals surface area contributed by atoms with Crippen molar-refractivity contribution in [2.75, 3.05) is 62.4 Å². The van der Waals surface area contributed by atoms with Gasteiger partial charge in [-0.15, -0.1) is 0 Å². The van der Waals surface area contributed by atoms with Crippen molar-refractivity contribution in [3.05, 3.63) is 4.88 Å². The minimum absolute atomic E-state index is 0.125. The number of nitrogens with one attached hydrogen (secondary N) is 1. The van der Waals surface area contributed by atoms with Crippen molar-refractivity contribution in [3.63, 3.8) is 0 Å². The first-order valence-corrected chi connectivity index (χ1v) is 8.57. The molecule has 20 heavy (non-hydrogen) atoms. The predicted molar refractivity (Wildman–Crippen MR) is 87.0 cm³/mol. The molecule has 1 saturated heterocycles. The van der Waals surface area contributed by atoms with Crippen LogP contribution in [0.5, 0.6) is 0 Å². The standard InChI is InChI=1S/C12H21N5OS2/c1-16(2)12-15-10(13)9(20-12)11(18)14-3-4-17-5-7-19-8-6-17/h3-8,13H2,1-2H3,(H,14,18). The average molecular weight is 315 g/mol.